The molecule has 2 rings (SSSR count). The molecule has 2 amide bonds. The van der Waals surface area contributed by atoms with Crippen LogP contribution in [-0.4, -0.2) is 46.6 Å². The standard InChI is InChI=1S/C17H27N3O4/c1-11-6-12(2)20(15(21)14-9-23-10-19-14)8-13(11)7-18-16(22)24-17(3,4)5/h9-13H,6-8H2,1-5H3,(H,18,22). The molecule has 1 saturated heterocycles. The Morgan fingerprint density at radius 3 is 2.71 bits per heavy atom. The summed E-state index contributed by atoms with van der Waals surface area (Å²) in [5.74, 6) is 0.436. The van der Waals surface area contributed by atoms with Crippen LogP contribution < -0.4 is 5.32 Å². The van der Waals surface area contributed by atoms with Gasteiger partial charge in [-0.15, -0.1) is 0 Å². The maximum atomic E-state index is 12.5. The van der Waals surface area contributed by atoms with Crippen LogP contribution in [0.5, 0.6) is 0 Å². The lowest BCUT2D eigenvalue weighted by Gasteiger charge is -2.41. The molecule has 1 N–H and O–H groups in total. The predicted molar refractivity (Wildman–Crippen MR) is 88.5 cm³/mol. The number of alkyl carbamates (subject to hydrolysis) is 1. The Morgan fingerprint density at radius 1 is 1.42 bits per heavy atom. The van der Waals surface area contributed by atoms with Crippen LogP contribution in [0.25, 0.3) is 0 Å². The first kappa shape index (κ1) is 18.3. The summed E-state index contributed by atoms with van der Waals surface area (Å²) < 4.78 is 10.2. The number of rotatable bonds is 3. The number of aromatic nitrogens is 1. The SMILES string of the molecule is CC1CC(C)N(C(=O)c2cocn2)CC1CNC(=O)OC(C)(C)C. The highest BCUT2D eigenvalue weighted by atomic mass is 16.6. The molecule has 1 aliphatic heterocycles. The number of carbonyl (C=O) groups is 2. The minimum atomic E-state index is -0.522. The largest absolute Gasteiger partial charge is 0.451 e. The lowest BCUT2D eigenvalue weighted by molar-refractivity contribution is 0.0397. The van der Waals surface area contributed by atoms with Gasteiger partial charge < -0.3 is 19.4 Å². The predicted octanol–water partition coefficient (Wildman–Crippen LogP) is 2.69. The molecule has 1 aromatic heterocycles. The molecule has 7 heteroatoms. The van der Waals surface area contributed by atoms with Crippen molar-refractivity contribution in [3.05, 3.63) is 18.4 Å². The van der Waals surface area contributed by atoms with Gasteiger partial charge in [-0.1, -0.05) is 6.92 Å². The van der Waals surface area contributed by atoms with Gasteiger partial charge in [0.2, 0.25) is 0 Å². The zero-order valence-corrected chi connectivity index (χ0v) is 15.0. The van der Waals surface area contributed by atoms with E-state index >= 15 is 0 Å². The maximum Gasteiger partial charge on any atom is 0.407 e. The van der Waals surface area contributed by atoms with Crippen LogP contribution in [-0.2, 0) is 4.74 Å². The number of nitrogens with one attached hydrogen (secondary N) is 1. The summed E-state index contributed by atoms with van der Waals surface area (Å²) in [6.45, 7) is 10.7. The van der Waals surface area contributed by atoms with Crippen LogP contribution in [0.1, 0.15) is 51.5 Å². The third kappa shape index (κ3) is 4.72. The number of nitrogens with zero attached hydrogens (tertiary/aromatic N) is 2. The second kappa shape index (κ2) is 7.23. The van der Waals surface area contributed by atoms with Crippen LogP contribution >= 0.6 is 0 Å². The maximum absolute atomic E-state index is 12.5. The third-order valence-electron chi connectivity index (χ3n) is 4.30. The van der Waals surface area contributed by atoms with Gasteiger partial charge in [-0.25, -0.2) is 9.78 Å². The Bertz CT molecular complexity index is 565. The number of likely N-dealkylation sites (tertiary alicyclic amines) is 1. The van der Waals surface area contributed by atoms with Crippen LogP contribution in [0.2, 0.25) is 0 Å². The summed E-state index contributed by atoms with van der Waals surface area (Å²) in [6.07, 6.45) is 3.07. The van der Waals surface area contributed by atoms with Crippen LogP contribution in [0.15, 0.2) is 17.1 Å². The molecular formula is C17H27N3O4. The lowest BCUT2D eigenvalue weighted by atomic mass is 9.83. The topological polar surface area (TPSA) is 84.7 Å². The van der Waals surface area contributed by atoms with Crippen molar-refractivity contribution in [3.8, 4) is 0 Å². The smallest absolute Gasteiger partial charge is 0.407 e. The summed E-state index contributed by atoms with van der Waals surface area (Å²) in [4.78, 5) is 30.1. The fourth-order valence-electron chi connectivity index (χ4n) is 3.01. The van der Waals surface area contributed by atoms with Crippen molar-refractivity contribution in [2.45, 2.75) is 52.7 Å². The van der Waals surface area contributed by atoms with Gasteiger partial charge in [-0.05, 0) is 46.0 Å². The molecule has 0 aromatic carbocycles. The van der Waals surface area contributed by atoms with Gasteiger partial charge in [-0.2, -0.15) is 0 Å². The average molecular weight is 337 g/mol. The highest BCUT2D eigenvalue weighted by Crippen LogP contribution is 2.28. The van der Waals surface area contributed by atoms with Crippen molar-refractivity contribution in [2.24, 2.45) is 11.8 Å². The van der Waals surface area contributed by atoms with Gasteiger partial charge in [0.25, 0.3) is 5.91 Å². The average Bonchev–Trinajstić information content (AvgIpc) is 2.98. The Hall–Kier alpha value is -2.05. The van der Waals surface area contributed by atoms with Crippen LogP contribution in [0, 0.1) is 11.8 Å². The molecule has 7 nitrogen and oxygen atoms in total. The lowest BCUT2D eigenvalue weighted by Crippen LogP contribution is -2.51. The van der Waals surface area contributed by atoms with Crippen molar-refractivity contribution < 1.29 is 18.7 Å². The summed E-state index contributed by atoms with van der Waals surface area (Å²) in [6, 6.07) is 0.127. The molecule has 1 fully saturated rings. The number of amides is 2. The molecule has 0 radical (unpaired) electrons. The Labute approximate surface area is 142 Å². The quantitative estimate of drug-likeness (QED) is 0.916. The summed E-state index contributed by atoms with van der Waals surface area (Å²) in [5, 5.41) is 2.82. The fourth-order valence-corrected chi connectivity index (χ4v) is 3.01. The third-order valence-corrected chi connectivity index (χ3v) is 4.30. The first-order valence-corrected chi connectivity index (χ1v) is 8.33. The number of oxazole rings is 1. The highest BCUT2D eigenvalue weighted by molar-refractivity contribution is 5.92. The van der Waals surface area contributed by atoms with E-state index in [0.29, 0.717) is 24.7 Å². The summed E-state index contributed by atoms with van der Waals surface area (Å²) in [7, 11) is 0. The summed E-state index contributed by atoms with van der Waals surface area (Å²) in [5.41, 5.74) is -0.207. The molecule has 1 aromatic rings. The molecule has 0 aliphatic carbocycles. The number of hydrogen-bond acceptors (Lipinski definition) is 5. The Balaban J connectivity index is 1.95. The van der Waals surface area contributed by atoms with Gasteiger partial charge in [0.1, 0.15) is 11.9 Å². The molecular weight excluding hydrogens is 310 g/mol. The minimum Gasteiger partial charge on any atom is -0.451 e. The number of ether oxygens (including phenoxy) is 1. The van der Waals surface area contributed by atoms with Gasteiger partial charge >= 0.3 is 6.09 Å². The molecule has 3 unspecified atom stereocenters. The van der Waals surface area contributed by atoms with Gasteiger partial charge in [0.15, 0.2) is 12.1 Å². The number of carbonyl (C=O) groups excluding carboxylic acids is 2. The van der Waals surface area contributed by atoms with Crippen LogP contribution in [0.3, 0.4) is 0 Å². The molecule has 1 aliphatic rings. The molecule has 0 spiro atoms. The van der Waals surface area contributed by atoms with Crippen molar-refractivity contribution in [1.29, 1.82) is 0 Å². The number of hydrogen-bond donors (Lipinski definition) is 1. The Kier molecular flexibility index (Phi) is 5.51. The zero-order chi connectivity index (χ0) is 17.9. The first-order chi connectivity index (χ1) is 11.2. The van der Waals surface area contributed by atoms with Crippen molar-refractivity contribution in [1.82, 2.24) is 15.2 Å². The molecule has 134 valence electrons. The van der Waals surface area contributed by atoms with E-state index in [1.807, 2.05) is 27.7 Å². The summed E-state index contributed by atoms with van der Waals surface area (Å²) >= 11 is 0. The van der Waals surface area contributed by atoms with E-state index in [4.69, 9.17) is 9.15 Å². The Morgan fingerprint density at radius 2 is 2.12 bits per heavy atom. The molecule has 24 heavy (non-hydrogen) atoms. The van der Waals surface area contributed by atoms with E-state index in [0.717, 1.165) is 6.42 Å². The van der Waals surface area contributed by atoms with Gasteiger partial charge in [0, 0.05) is 19.1 Å². The van der Waals surface area contributed by atoms with Gasteiger partial charge in [-0.3, -0.25) is 4.79 Å². The zero-order valence-electron chi connectivity index (χ0n) is 15.0. The molecule has 0 saturated carbocycles. The van der Waals surface area contributed by atoms with E-state index in [-0.39, 0.29) is 17.9 Å². The van der Waals surface area contributed by atoms with Crippen molar-refractivity contribution in [3.63, 3.8) is 0 Å². The fraction of sp³-hybridized carbons (Fsp3) is 0.706. The van der Waals surface area contributed by atoms with Crippen molar-refractivity contribution >= 4 is 12.0 Å². The molecule has 2 heterocycles. The number of piperidine rings is 1. The molecule has 0 bridgehead atoms. The van der Waals surface area contributed by atoms with E-state index in [2.05, 4.69) is 17.2 Å². The second-order valence-electron chi connectivity index (χ2n) is 7.54. The normalized spacial score (nSPS) is 24.5. The van der Waals surface area contributed by atoms with Crippen molar-refractivity contribution in [2.75, 3.05) is 13.1 Å². The second-order valence-corrected chi connectivity index (χ2v) is 7.54. The minimum absolute atomic E-state index is 0.127. The monoisotopic (exact) mass is 337 g/mol. The van der Waals surface area contributed by atoms with Gasteiger partial charge in [0.05, 0.1) is 0 Å². The van der Waals surface area contributed by atoms with E-state index < -0.39 is 11.7 Å². The van der Waals surface area contributed by atoms with E-state index in [9.17, 15) is 9.59 Å². The van der Waals surface area contributed by atoms with E-state index in [1.54, 1.807) is 4.90 Å². The van der Waals surface area contributed by atoms with Crippen LogP contribution in [0.4, 0.5) is 4.79 Å². The van der Waals surface area contributed by atoms with E-state index in [1.165, 1.54) is 12.7 Å². The highest BCUT2D eigenvalue weighted by Gasteiger charge is 2.35. The first-order valence-electron chi connectivity index (χ1n) is 8.33. The molecule has 3 atom stereocenters.